The van der Waals surface area contributed by atoms with Gasteiger partial charge in [0, 0.05) is 66.5 Å². The molecule has 0 aromatic rings. The first-order valence-corrected chi connectivity index (χ1v) is 11.0. The van der Waals surface area contributed by atoms with Crippen molar-refractivity contribution in [1.29, 1.82) is 0 Å². The van der Waals surface area contributed by atoms with Crippen molar-refractivity contribution in [2.75, 3.05) is 92.8 Å². The van der Waals surface area contributed by atoms with E-state index in [0.717, 1.165) is 51.6 Å². The molecule has 1 unspecified atom stereocenters. The van der Waals surface area contributed by atoms with E-state index >= 15 is 0 Å². The van der Waals surface area contributed by atoms with Crippen LogP contribution in [-0.4, -0.2) is 136 Å². The molecule has 0 aromatic carbocycles. The molecule has 3 heterocycles. The lowest BCUT2D eigenvalue weighted by molar-refractivity contribution is -0.136. The third-order valence-electron chi connectivity index (χ3n) is 5.77. The minimum atomic E-state index is -0.0267. The highest BCUT2D eigenvalue weighted by Crippen LogP contribution is 2.11. The fourth-order valence-electron chi connectivity index (χ4n) is 3.78. The Hall–Kier alpha value is -1.18. The minimum absolute atomic E-state index is 0. The van der Waals surface area contributed by atoms with Crippen LogP contribution in [-0.2, 0) is 19.1 Å². The van der Waals surface area contributed by atoms with E-state index in [9.17, 15) is 9.59 Å². The normalized spacial score (nSPS) is 22.8. The van der Waals surface area contributed by atoms with Gasteiger partial charge in [-0.25, -0.2) is 4.99 Å². The van der Waals surface area contributed by atoms with Crippen molar-refractivity contribution < 1.29 is 19.1 Å². The molecule has 3 rings (SSSR count). The number of carbonyl (C=O) groups excluding carboxylic acids is 2. The number of aliphatic imine (C=N–C) groups is 1. The Kier molecular flexibility index (Phi) is 11.3. The lowest BCUT2D eigenvalue weighted by atomic mass is 10.2. The predicted molar refractivity (Wildman–Crippen MR) is 129 cm³/mol. The molecule has 178 valence electrons. The smallest absolute Gasteiger partial charge is 0.243 e. The number of ether oxygens (including phenoxy) is 2. The summed E-state index contributed by atoms with van der Waals surface area (Å²) in [7, 11) is 3.48. The Morgan fingerprint density at radius 2 is 1.74 bits per heavy atom. The van der Waals surface area contributed by atoms with Crippen LogP contribution in [0.4, 0.5) is 0 Å². The third-order valence-corrected chi connectivity index (χ3v) is 5.77. The summed E-state index contributed by atoms with van der Waals surface area (Å²) in [5.41, 5.74) is 0. The van der Waals surface area contributed by atoms with Gasteiger partial charge in [0.1, 0.15) is 6.54 Å². The van der Waals surface area contributed by atoms with E-state index < -0.39 is 0 Å². The molecule has 0 bridgehead atoms. The van der Waals surface area contributed by atoms with Gasteiger partial charge in [0.25, 0.3) is 0 Å². The molecule has 3 saturated heterocycles. The molecule has 1 atom stereocenters. The van der Waals surface area contributed by atoms with E-state index in [1.807, 2.05) is 4.90 Å². The van der Waals surface area contributed by atoms with Gasteiger partial charge in [-0.3, -0.25) is 14.5 Å². The average Bonchev–Trinajstić information content (AvgIpc) is 3.28. The van der Waals surface area contributed by atoms with Crippen LogP contribution in [0.5, 0.6) is 0 Å². The largest absolute Gasteiger partial charge is 0.378 e. The van der Waals surface area contributed by atoms with Crippen LogP contribution in [0.1, 0.15) is 12.8 Å². The minimum Gasteiger partial charge on any atom is -0.378 e. The number of nitrogens with zero attached hydrogens (tertiary/aromatic N) is 5. The standard InChI is InChI=1S/C20H36N6O4.HI/c1-23(2)18(27)15-22-20(21-14-17-4-3-11-30-17)26-7-5-24(6-8-26)16-19(28)25-9-12-29-13-10-25;/h17H,3-16H2,1-2H3,(H,21,22);1H. The second-order valence-electron chi connectivity index (χ2n) is 8.20. The molecule has 3 aliphatic rings. The van der Waals surface area contributed by atoms with Crippen molar-refractivity contribution >= 4 is 41.8 Å². The summed E-state index contributed by atoms with van der Waals surface area (Å²) >= 11 is 0. The second kappa shape index (κ2) is 13.4. The van der Waals surface area contributed by atoms with E-state index in [4.69, 9.17) is 9.47 Å². The fourth-order valence-corrected chi connectivity index (χ4v) is 3.78. The number of hydrogen-bond donors (Lipinski definition) is 1. The Morgan fingerprint density at radius 1 is 1.03 bits per heavy atom. The zero-order valence-corrected chi connectivity index (χ0v) is 21.1. The molecule has 0 saturated carbocycles. The molecule has 0 radical (unpaired) electrons. The number of guanidine groups is 1. The number of hydrogen-bond acceptors (Lipinski definition) is 6. The highest BCUT2D eigenvalue weighted by atomic mass is 127. The number of amides is 2. The maximum absolute atomic E-state index is 12.5. The van der Waals surface area contributed by atoms with E-state index in [1.165, 1.54) is 0 Å². The van der Waals surface area contributed by atoms with Crippen molar-refractivity contribution in [1.82, 2.24) is 24.9 Å². The highest BCUT2D eigenvalue weighted by Gasteiger charge is 2.25. The number of carbonyl (C=O) groups is 2. The number of rotatable bonds is 6. The van der Waals surface area contributed by atoms with Crippen molar-refractivity contribution in [3.05, 3.63) is 0 Å². The van der Waals surface area contributed by atoms with Gasteiger partial charge in [-0.05, 0) is 12.8 Å². The molecule has 3 aliphatic heterocycles. The van der Waals surface area contributed by atoms with E-state index in [2.05, 4.69) is 20.1 Å². The zero-order chi connectivity index (χ0) is 21.3. The molecule has 11 heteroatoms. The topological polar surface area (TPSA) is 90.0 Å². The molecule has 0 aromatic heterocycles. The van der Waals surface area contributed by atoms with Crippen LogP contribution < -0.4 is 5.32 Å². The zero-order valence-electron chi connectivity index (χ0n) is 18.8. The maximum atomic E-state index is 12.5. The quantitative estimate of drug-likeness (QED) is 0.265. The first-order valence-electron chi connectivity index (χ1n) is 11.0. The van der Waals surface area contributed by atoms with Crippen LogP contribution in [0.25, 0.3) is 0 Å². The number of piperazine rings is 1. The molecule has 0 spiro atoms. The third kappa shape index (κ3) is 8.35. The van der Waals surface area contributed by atoms with Gasteiger partial charge in [-0.2, -0.15) is 0 Å². The number of nitrogens with one attached hydrogen (secondary N) is 1. The maximum Gasteiger partial charge on any atom is 0.243 e. The van der Waals surface area contributed by atoms with Gasteiger partial charge in [0.15, 0.2) is 5.96 Å². The van der Waals surface area contributed by atoms with Crippen LogP contribution in [0, 0.1) is 0 Å². The van der Waals surface area contributed by atoms with Crippen LogP contribution in [0.3, 0.4) is 0 Å². The van der Waals surface area contributed by atoms with Crippen LogP contribution in [0.15, 0.2) is 4.99 Å². The Bertz CT molecular complexity index is 600. The summed E-state index contributed by atoms with van der Waals surface area (Å²) < 4.78 is 11.0. The summed E-state index contributed by atoms with van der Waals surface area (Å²) in [5, 5.41) is 3.41. The van der Waals surface area contributed by atoms with Gasteiger partial charge >= 0.3 is 0 Å². The van der Waals surface area contributed by atoms with Gasteiger partial charge < -0.3 is 29.5 Å². The summed E-state index contributed by atoms with van der Waals surface area (Å²) in [6, 6.07) is 0. The second-order valence-corrected chi connectivity index (χ2v) is 8.20. The van der Waals surface area contributed by atoms with Gasteiger partial charge in [0.05, 0.1) is 25.9 Å². The SMILES string of the molecule is CN(C)C(=O)CN=C(NCC1CCCO1)N1CCN(CC(=O)N2CCOCC2)CC1.I. The van der Waals surface area contributed by atoms with E-state index in [-0.39, 0.29) is 48.4 Å². The lowest BCUT2D eigenvalue weighted by Crippen LogP contribution is -2.55. The molecule has 2 amide bonds. The summed E-state index contributed by atoms with van der Waals surface area (Å²) in [5.74, 6) is 0.898. The molecule has 31 heavy (non-hydrogen) atoms. The average molecular weight is 552 g/mol. The first-order chi connectivity index (χ1) is 14.5. The number of halogens is 1. The monoisotopic (exact) mass is 552 g/mol. The summed E-state index contributed by atoms with van der Waals surface area (Å²) in [4.78, 5) is 36.9. The van der Waals surface area contributed by atoms with Gasteiger partial charge in [0.2, 0.25) is 11.8 Å². The summed E-state index contributed by atoms with van der Waals surface area (Å²) in [6.07, 6.45) is 2.34. The van der Waals surface area contributed by atoms with Crippen molar-refractivity contribution in [3.8, 4) is 0 Å². The van der Waals surface area contributed by atoms with Crippen molar-refractivity contribution in [2.24, 2.45) is 4.99 Å². The molecular weight excluding hydrogens is 515 g/mol. The van der Waals surface area contributed by atoms with Gasteiger partial charge in [-0.15, -0.1) is 24.0 Å². The Balaban J connectivity index is 0.00000341. The first kappa shape index (κ1) is 26.1. The molecule has 0 aliphatic carbocycles. The summed E-state index contributed by atoms with van der Waals surface area (Å²) in [6.45, 7) is 7.82. The Morgan fingerprint density at radius 3 is 2.35 bits per heavy atom. The molecule has 10 nitrogen and oxygen atoms in total. The van der Waals surface area contributed by atoms with E-state index in [1.54, 1.807) is 19.0 Å². The van der Waals surface area contributed by atoms with Gasteiger partial charge in [-0.1, -0.05) is 0 Å². The molecular formula is C20H37IN6O4. The number of likely N-dealkylation sites (N-methyl/N-ethyl adjacent to an activating group) is 1. The predicted octanol–water partition coefficient (Wildman–Crippen LogP) is -0.706. The van der Waals surface area contributed by atoms with Crippen molar-refractivity contribution in [3.63, 3.8) is 0 Å². The fraction of sp³-hybridized carbons (Fsp3) is 0.850. The lowest BCUT2D eigenvalue weighted by Gasteiger charge is -2.37. The Labute approximate surface area is 202 Å². The highest BCUT2D eigenvalue weighted by molar-refractivity contribution is 14.0. The molecule has 1 N–H and O–H groups in total. The number of morpholine rings is 1. The van der Waals surface area contributed by atoms with Crippen LogP contribution in [0.2, 0.25) is 0 Å². The molecule has 3 fully saturated rings. The van der Waals surface area contributed by atoms with Crippen LogP contribution >= 0.6 is 24.0 Å². The van der Waals surface area contributed by atoms with Crippen molar-refractivity contribution in [2.45, 2.75) is 18.9 Å². The van der Waals surface area contributed by atoms with E-state index in [0.29, 0.717) is 39.4 Å².